The molecule has 3 aromatic heterocycles. The molecule has 3 heterocycles. The van der Waals surface area contributed by atoms with E-state index in [1.165, 1.54) is 50.5 Å². The minimum Gasteiger partial charge on any atom is -0.483 e. The first kappa shape index (κ1) is 67.3. The monoisotopic (exact) mass is 1250 g/mol. The van der Waals surface area contributed by atoms with E-state index in [2.05, 4.69) is 5.32 Å². The van der Waals surface area contributed by atoms with E-state index in [0.29, 0.717) is 50.5 Å². The van der Waals surface area contributed by atoms with Crippen molar-refractivity contribution in [2.24, 2.45) is 21.7 Å². The fourth-order valence-electron chi connectivity index (χ4n) is 15.0. The number of hydrogen-bond acceptors (Lipinski definition) is 17. The van der Waals surface area contributed by atoms with Crippen molar-refractivity contribution in [3.63, 3.8) is 0 Å². The second-order valence-corrected chi connectivity index (χ2v) is 26.5. The number of amides is 1. The molecule has 7 N–H and O–H groups in total. The summed E-state index contributed by atoms with van der Waals surface area (Å²) in [6.07, 6.45) is 3.40. The third kappa shape index (κ3) is 16.7. The second kappa shape index (κ2) is 29.1. The third-order valence-corrected chi connectivity index (χ3v) is 17.8. The Hall–Kier alpha value is -8.05. The van der Waals surface area contributed by atoms with Gasteiger partial charge in [-0.1, -0.05) is 91.0 Å². The van der Waals surface area contributed by atoms with Crippen LogP contribution in [0.25, 0.3) is 0 Å². The molecule has 91 heavy (non-hydrogen) atoms. The Balaban J connectivity index is 1.13. The summed E-state index contributed by atoms with van der Waals surface area (Å²) in [7, 11) is 0. The van der Waals surface area contributed by atoms with Crippen molar-refractivity contribution in [1.29, 1.82) is 0 Å². The first-order valence-electron chi connectivity index (χ1n) is 31.1. The minimum atomic E-state index is -1.33. The van der Waals surface area contributed by atoms with Crippen molar-refractivity contribution >= 4 is 23.4 Å². The fraction of sp³-hybridized carbons (Fsp3) is 0.471. The normalized spacial score (nSPS) is 20.9. The summed E-state index contributed by atoms with van der Waals surface area (Å²) in [6, 6.07) is 30.9. The summed E-state index contributed by atoms with van der Waals surface area (Å²) in [6.45, 7) is 2.41. The Labute approximate surface area is 527 Å². The highest BCUT2D eigenvalue weighted by atomic mass is 16.6. The van der Waals surface area contributed by atoms with Crippen molar-refractivity contribution in [3.8, 4) is 17.2 Å². The molecule has 5 unspecified atom stereocenters. The van der Waals surface area contributed by atoms with Gasteiger partial charge in [0.05, 0.1) is 57.8 Å². The zero-order valence-corrected chi connectivity index (χ0v) is 51.9. The van der Waals surface area contributed by atoms with E-state index in [-0.39, 0.29) is 112 Å². The van der Waals surface area contributed by atoms with Crippen LogP contribution in [0, 0.1) is 21.7 Å². The van der Waals surface area contributed by atoms with Gasteiger partial charge in [0, 0.05) is 62.6 Å². The van der Waals surface area contributed by atoms with Gasteiger partial charge in [-0.3, -0.25) is 33.6 Å². The lowest BCUT2D eigenvalue weighted by atomic mass is 9.33. The van der Waals surface area contributed by atoms with Crippen LogP contribution in [-0.4, -0.2) is 118 Å². The lowest BCUT2D eigenvalue weighted by molar-refractivity contribution is -0.208. The van der Waals surface area contributed by atoms with Gasteiger partial charge in [0.2, 0.25) is 16.3 Å². The Morgan fingerprint density at radius 2 is 0.791 bits per heavy atom. The van der Waals surface area contributed by atoms with Crippen LogP contribution in [0.3, 0.4) is 0 Å². The summed E-state index contributed by atoms with van der Waals surface area (Å²) in [5.41, 5.74) is -3.88. The summed E-state index contributed by atoms with van der Waals surface area (Å²) in [4.78, 5) is 101. The van der Waals surface area contributed by atoms with E-state index in [0.717, 1.165) is 11.1 Å². The van der Waals surface area contributed by atoms with E-state index in [4.69, 9.17) is 18.9 Å². The molecule has 4 saturated carbocycles. The standard InChI is InChI=1S/C70H84N4O17/c1-66(2,3)91-58(86)21-27-69-41-67(25-19-53(81)59-62(88-37-47-13-7-4-8-14-47)55(83)22-28-72(59)31-50(78)34-75)40-68(42-69,26-20-54(82)60-63(89-38-48-15-9-5-10-16-48)56(84)23-29-73(60)32-51(79)35-76)44-70(43-67,45-69)46-71-65(87)61-64(90-39-49-17-11-6-12-18-49)57(85)24-30-74(61)33-52(80)36-77/h4-18,22-24,28-30,50-52,75-80H,19-21,25-27,31-46H2,1-3H3,(H,71,87)/t50?,51?,52?,67-,68+,69?,70?. The number of ether oxygens (including phenoxy) is 4. The van der Waals surface area contributed by atoms with E-state index in [9.17, 15) is 49.8 Å². The number of esters is 1. The lowest BCUT2D eigenvalue weighted by Crippen LogP contribution is -2.63. The number of aliphatic hydroxyl groups excluding tert-OH is 6. The number of pyridine rings is 3. The van der Waals surface area contributed by atoms with Crippen LogP contribution in [0.4, 0.5) is 0 Å². The molecule has 21 nitrogen and oxygen atoms in total. The van der Waals surface area contributed by atoms with Crippen LogP contribution >= 0.6 is 0 Å². The van der Waals surface area contributed by atoms with E-state index < -0.39 is 105 Å². The Kier molecular flexibility index (Phi) is 21.5. The maximum Gasteiger partial charge on any atom is 0.306 e. The number of hydrogen-bond donors (Lipinski definition) is 7. The van der Waals surface area contributed by atoms with Gasteiger partial charge in [-0.25, -0.2) is 0 Å². The number of nitrogens with one attached hydrogen (secondary N) is 1. The number of ketones is 2. The minimum absolute atomic E-state index is 0.00645. The summed E-state index contributed by atoms with van der Waals surface area (Å²) in [5.74, 6) is -2.86. The number of rotatable bonds is 32. The lowest BCUT2D eigenvalue weighted by Gasteiger charge is -2.71. The molecule has 4 bridgehead atoms. The number of aliphatic hydroxyl groups is 6. The van der Waals surface area contributed by atoms with Crippen LogP contribution < -0.4 is 35.8 Å². The van der Waals surface area contributed by atoms with Gasteiger partial charge in [0.25, 0.3) is 5.91 Å². The zero-order valence-electron chi connectivity index (χ0n) is 51.9. The van der Waals surface area contributed by atoms with Crippen LogP contribution in [0.5, 0.6) is 17.2 Å². The molecular formula is C70H84N4O17. The van der Waals surface area contributed by atoms with Gasteiger partial charge in [-0.05, 0) is 117 Å². The number of aromatic nitrogens is 3. The van der Waals surface area contributed by atoms with Crippen LogP contribution in [0.1, 0.15) is 146 Å². The first-order chi connectivity index (χ1) is 43.5. The zero-order chi connectivity index (χ0) is 65.1. The average Bonchev–Trinajstić information content (AvgIpc) is 0.688. The Bertz CT molecular complexity index is 3340. The molecule has 6 aromatic rings. The highest BCUT2D eigenvalue weighted by Gasteiger charge is 2.67. The van der Waals surface area contributed by atoms with E-state index in [1.54, 1.807) is 45.0 Å². The topological polar surface area (TPSA) is 305 Å². The predicted octanol–water partition coefficient (Wildman–Crippen LogP) is 6.47. The van der Waals surface area contributed by atoms with Crippen molar-refractivity contribution in [2.45, 2.75) is 161 Å². The molecule has 0 aliphatic heterocycles. The average molecular weight is 1250 g/mol. The molecule has 3 aromatic carbocycles. The number of carbonyl (C=O) groups is 4. The maximum absolute atomic E-state index is 15.3. The van der Waals surface area contributed by atoms with Gasteiger partial charge >= 0.3 is 5.97 Å². The van der Waals surface area contributed by atoms with Gasteiger partial charge in [-0.2, -0.15) is 0 Å². The summed E-state index contributed by atoms with van der Waals surface area (Å²) >= 11 is 0. The molecule has 21 heteroatoms. The third-order valence-electron chi connectivity index (χ3n) is 17.8. The molecule has 486 valence electrons. The maximum atomic E-state index is 15.3. The van der Waals surface area contributed by atoms with Crippen molar-refractivity contribution < 1.29 is 68.8 Å². The summed E-state index contributed by atoms with van der Waals surface area (Å²) < 4.78 is 28.7. The highest BCUT2D eigenvalue weighted by molar-refractivity contribution is 5.98. The molecule has 1 amide bonds. The molecule has 4 aliphatic rings. The largest absolute Gasteiger partial charge is 0.483 e. The molecule has 0 radical (unpaired) electrons. The number of nitrogens with zero attached hydrogens (tertiary/aromatic N) is 3. The molecule has 4 fully saturated rings. The van der Waals surface area contributed by atoms with Gasteiger partial charge < -0.3 is 68.6 Å². The van der Waals surface area contributed by atoms with Crippen molar-refractivity contribution in [1.82, 2.24) is 19.0 Å². The quantitative estimate of drug-likeness (QED) is 0.0176. The molecule has 7 atom stereocenters. The molecule has 0 spiro atoms. The number of Topliss-reactive ketones (excluding diaryl/α,β-unsaturated/α-hetero) is 2. The first-order valence-corrected chi connectivity index (χ1v) is 31.1. The van der Waals surface area contributed by atoms with E-state index >= 15 is 14.4 Å². The molecular weight excluding hydrogens is 1170 g/mol. The molecule has 10 rings (SSSR count). The Morgan fingerprint density at radius 1 is 0.473 bits per heavy atom. The van der Waals surface area contributed by atoms with E-state index in [1.807, 2.05) is 66.7 Å². The SMILES string of the molecule is CC(C)(C)OC(=O)CCC12CC3(CNC(=O)c4c(OCc5ccccc5)c(=O)ccn4CC(O)CO)C[C@](CCC(=O)c4c(OCc5ccccc5)c(=O)ccn4CC(O)CO)(C1)C[C@](CCC(=O)c1c(OCc4ccccc4)c(=O)ccn1CC(O)CO)(C2)C3. The second-order valence-electron chi connectivity index (χ2n) is 26.5. The number of benzene rings is 3. The predicted molar refractivity (Wildman–Crippen MR) is 336 cm³/mol. The van der Waals surface area contributed by atoms with Crippen molar-refractivity contribution in [2.75, 3.05) is 26.4 Å². The fourth-order valence-corrected chi connectivity index (χ4v) is 15.0. The smallest absolute Gasteiger partial charge is 0.306 e. The van der Waals surface area contributed by atoms with Crippen LogP contribution in [0.15, 0.2) is 142 Å². The van der Waals surface area contributed by atoms with Gasteiger partial charge in [0.15, 0.2) is 34.5 Å². The van der Waals surface area contributed by atoms with Gasteiger partial charge in [-0.15, -0.1) is 0 Å². The Morgan fingerprint density at radius 3 is 1.13 bits per heavy atom. The molecule has 0 saturated heterocycles. The highest BCUT2D eigenvalue weighted by Crippen LogP contribution is 2.76. The van der Waals surface area contributed by atoms with Crippen LogP contribution in [0.2, 0.25) is 0 Å². The van der Waals surface area contributed by atoms with Crippen LogP contribution in [-0.2, 0) is 49.0 Å². The number of carbonyl (C=O) groups excluding carboxylic acids is 4. The molecule has 4 aliphatic carbocycles. The van der Waals surface area contributed by atoms with Crippen molar-refractivity contribution in [3.05, 3.63) is 192 Å². The van der Waals surface area contributed by atoms with Gasteiger partial charge in [0.1, 0.15) is 36.8 Å². The summed E-state index contributed by atoms with van der Waals surface area (Å²) in [5, 5.41) is 65.5.